The highest BCUT2D eigenvalue weighted by Crippen LogP contribution is 1.93. The van der Waals surface area contributed by atoms with E-state index in [9.17, 15) is 4.79 Å². The number of unbranched alkanes of at least 4 members (excludes halogenated alkanes) is 1. The van der Waals surface area contributed by atoms with Crippen molar-refractivity contribution in [3.05, 3.63) is 18.2 Å². The summed E-state index contributed by atoms with van der Waals surface area (Å²) >= 11 is 0. The zero-order chi connectivity index (χ0) is 11.8. The molecule has 1 rings (SSSR count). The van der Waals surface area contributed by atoms with Crippen molar-refractivity contribution in [2.24, 2.45) is 7.05 Å². The quantitative estimate of drug-likeness (QED) is 0.710. The van der Waals surface area contributed by atoms with Crippen molar-refractivity contribution in [3.63, 3.8) is 0 Å². The Hall–Kier alpha value is -1.52. The van der Waals surface area contributed by atoms with Gasteiger partial charge in [0.25, 0.3) is 0 Å². The van der Waals surface area contributed by atoms with E-state index in [4.69, 9.17) is 0 Å². The van der Waals surface area contributed by atoms with Gasteiger partial charge in [-0.15, -0.1) is 0 Å². The smallest absolute Gasteiger partial charge is 0.314 e. The van der Waals surface area contributed by atoms with E-state index in [-0.39, 0.29) is 6.03 Å². The van der Waals surface area contributed by atoms with Gasteiger partial charge >= 0.3 is 6.03 Å². The van der Waals surface area contributed by atoms with E-state index in [1.807, 2.05) is 17.8 Å². The van der Waals surface area contributed by atoms with Crippen LogP contribution in [0, 0.1) is 0 Å². The summed E-state index contributed by atoms with van der Waals surface area (Å²) in [5.41, 5.74) is 0. The number of urea groups is 1. The minimum atomic E-state index is -0.0948. The van der Waals surface area contributed by atoms with Crippen molar-refractivity contribution in [2.45, 2.75) is 26.2 Å². The molecule has 2 amide bonds. The molecule has 90 valence electrons. The van der Waals surface area contributed by atoms with Gasteiger partial charge in [0.1, 0.15) is 5.82 Å². The van der Waals surface area contributed by atoms with Gasteiger partial charge in [0, 0.05) is 39.0 Å². The van der Waals surface area contributed by atoms with Crippen LogP contribution >= 0.6 is 0 Å². The number of amides is 2. The highest BCUT2D eigenvalue weighted by atomic mass is 16.2. The highest BCUT2D eigenvalue weighted by molar-refractivity contribution is 5.73. The van der Waals surface area contributed by atoms with Crippen LogP contribution in [0.4, 0.5) is 4.79 Å². The second-order valence-corrected chi connectivity index (χ2v) is 3.74. The van der Waals surface area contributed by atoms with E-state index in [0.717, 1.165) is 31.6 Å². The summed E-state index contributed by atoms with van der Waals surface area (Å²) in [6, 6.07) is -0.0948. The molecule has 0 atom stereocenters. The number of nitrogens with zero attached hydrogens (tertiary/aromatic N) is 2. The Morgan fingerprint density at radius 1 is 1.44 bits per heavy atom. The number of aromatic nitrogens is 2. The third-order valence-electron chi connectivity index (χ3n) is 2.37. The third-order valence-corrected chi connectivity index (χ3v) is 2.37. The van der Waals surface area contributed by atoms with E-state index in [2.05, 4.69) is 22.5 Å². The second kappa shape index (κ2) is 6.87. The van der Waals surface area contributed by atoms with Crippen molar-refractivity contribution in [1.29, 1.82) is 0 Å². The second-order valence-electron chi connectivity index (χ2n) is 3.74. The maximum absolute atomic E-state index is 11.3. The van der Waals surface area contributed by atoms with Crippen LogP contribution in [0.3, 0.4) is 0 Å². The summed E-state index contributed by atoms with van der Waals surface area (Å²) in [5, 5.41) is 5.60. The number of carbonyl (C=O) groups is 1. The first-order valence-corrected chi connectivity index (χ1v) is 5.72. The average Bonchev–Trinajstić information content (AvgIpc) is 2.65. The summed E-state index contributed by atoms with van der Waals surface area (Å²) in [6.07, 6.45) is 6.53. The molecule has 0 aliphatic rings. The number of hydrogen-bond donors (Lipinski definition) is 2. The Kier molecular flexibility index (Phi) is 5.39. The Labute approximate surface area is 96.3 Å². The predicted octanol–water partition coefficient (Wildman–Crippen LogP) is 1.06. The van der Waals surface area contributed by atoms with Crippen LogP contribution in [-0.2, 0) is 13.5 Å². The van der Waals surface area contributed by atoms with Gasteiger partial charge in [-0.3, -0.25) is 0 Å². The van der Waals surface area contributed by atoms with Crippen molar-refractivity contribution < 1.29 is 4.79 Å². The molecule has 0 aliphatic carbocycles. The Balaban J connectivity index is 2.11. The van der Waals surface area contributed by atoms with E-state index in [1.165, 1.54) is 0 Å². The maximum Gasteiger partial charge on any atom is 0.314 e. The molecule has 0 radical (unpaired) electrons. The van der Waals surface area contributed by atoms with Crippen LogP contribution in [0.5, 0.6) is 0 Å². The molecule has 1 aromatic rings. The van der Waals surface area contributed by atoms with Gasteiger partial charge in [-0.25, -0.2) is 9.78 Å². The van der Waals surface area contributed by atoms with Gasteiger partial charge < -0.3 is 15.2 Å². The highest BCUT2D eigenvalue weighted by Gasteiger charge is 2.01. The molecule has 0 aromatic carbocycles. The lowest BCUT2D eigenvalue weighted by Gasteiger charge is -2.06. The van der Waals surface area contributed by atoms with E-state index in [0.29, 0.717) is 6.54 Å². The summed E-state index contributed by atoms with van der Waals surface area (Å²) in [6.45, 7) is 3.45. The molecular weight excluding hydrogens is 204 g/mol. The van der Waals surface area contributed by atoms with Crippen LogP contribution in [0.25, 0.3) is 0 Å². The molecule has 5 nitrogen and oxygen atoms in total. The van der Waals surface area contributed by atoms with Crippen molar-refractivity contribution in [3.8, 4) is 0 Å². The third kappa shape index (κ3) is 4.33. The van der Waals surface area contributed by atoms with Crippen molar-refractivity contribution in [2.75, 3.05) is 13.1 Å². The normalized spacial score (nSPS) is 10.1. The first-order valence-electron chi connectivity index (χ1n) is 5.72. The molecule has 5 heteroatoms. The van der Waals surface area contributed by atoms with Gasteiger partial charge in [-0.05, 0) is 6.42 Å². The molecule has 1 aromatic heterocycles. The van der Waals surface area contributed by atoms with Crippen LogP contribution < -0.4 is 10.6 Å². The average molecular weight is 224 g/mol. The minimum absolute atomic E-state index is 0.0948. The number of hydrogen-bond acceptors (Lipinski definition) is 2. The van der Waals surface area contributed by atoms with Crippen LogP contribution in [0.1, 0.15) is 25.6 Å². The Bertz CT molecular complexity index is 322. The fourth-order valence-corrected chi connectivity index (χ4v) is 1.37. The SMILES string of the molecule is CCCCNC(=O)NCCc1nccn1C. The molecule has 0 spiro atoms. The summed E-state index contributed by atoms with van der Waals surface area (Å²) in [7, 11) is 1.95. The lowest BCUT2D eigenvalue weighted by atomic mass is 10.3. The minimum Gasteiger partial charge on any atom is -0.338 e. The fourth-order valence-electron chi connectivity index (χ4n) is 1.37. The molecular formula is C11H20N4O. The van der Waals surface area contributed by atoms with Crippen LogP contribution in [-0.4, -0.2) is 28.7 Å². The lowest BCUT2D eigenvalue weighted by Crippen LogP contribution is -2.37. The number of nitrogens with one attached hydrogen (secondary N) is 2. The van der Waals surface area contributed by atoms with Gasteiger partial charge in [0.15, 0.2) is 0 Å². The lowest BCUT2D eigenvalue weighted by molar-refractivity contribution is 0.241. The molecule has 0 saturated heterocycles. The van der Waals surface area contributed by atoms with Crippen molar-refractivity contribution >= 4 is 6.03 Å². The standard InChI is InChI=1S/C11H20N4O/c1-3-4-6-13-11(16)14-7-5-10-12-8-9-15(10)2/h8-9H,3-7H2,1-2H3,(H2,13,14,16). The molecule has 0 bridgehead atoms. The molecule has 1 heterocycles. The molecule has 16 heavy (non-hydrogen) atoms. The van der Waals surface area contributed by atoms with E-state index < -0.39 is 0 Å². The molecule has 2 N–H and O–H groups in total. The van der Waals surface area contributed by atoms with E-state index in [1.54, 1.807) is 6.20 Å². The van der Waals surface area contributed by atoms with Crippen molar-refractivity contribution in [1.82, 2.24) is 20.2 Å². The molecule has 0 aliphatic heterocycles. The maximum atomic E-state index is 11.3. The summed E-state index contributed by atoms with van der Waals surface area (Å²) in [5.74, 6) is 0.980. The summed E-state index contributed by atoms with van der Waals surface area (Å²) < 4.78 is 1.96. The number of rotatable bonds is 6. The summed E-state index contributed by atoms with van der Waals surface area (Å²) in [4.78, 5) is 15.5. The largest absolute Gasteiger partial charge is 0.338 e. The van der Waals surface area contributed by atoms with Gasteiger partial charge in [-0.2, -0.15) is 0 Å². The van der Waals surface area contributed by atoms with Crippen LogP contribution in [0.2, 0.25) is 0 Å². The van der Waals surface area contributed by atoms with Gasteiger partial charge in [-0.1, -0.05) is 13.3 Å². The Morgan fingerprint density at radius 3 is 2.81 bits per heavy atom. The predicted molar refractivity (Wildman–Crippen MR) is 63.2 cm³/mol. The monoisotopic (exact) mass is 224 g/mol. The molecule has 0 fully saturated rings. The van der Waals surface area contributed by atoms with Gasteiger partial charge in [0.05, 0.1) is 0 Å². The van der Waals surface area contributed by atoms with E-state index >= 15 is 0 Å². The molecule has 0 unspecified atom stereocenters. The number of imidazole rings is 1. The zero-order valence-electron chi connectivity index (χ0n) is 9.99. The van der Waals surface area contributed by atoms with Crippen LogP contribution in [0.15, 0.2) is 12.4 Å². The van der Waals surface area contributed by atoms with Gasteiger partial charge in [0.2, 0.25) is 0 Å². The first-order chi connectivity index (χ1) is 7.74. The number of carbonyl (C=O) groups excluding carboxylic acids is 1. The number of aryl methyl sites for hydroxylation is 1. The zero-order valence-corrected chi connectivity index (χ0v) is 9.99. The first kappa shape index (κ1) is 12.5. The Morgan fingerprint density at radius 2 is 2.19 bits per heavy atom. The fraction of sp³-hybridized carbons (Fsp3) is 0.636. The topological polar surface area (TPSA) is 59.0 Å². The molecule has 0 saturated carbocycles.